The molecule has 0 saturated heterocycles. The first-order chi connectivity index (χ1) is 12.6. The number of rotatable bonds is 3. The lowest BCUT2D eigenvalue weighted by molar-refractivity contribution is -0.187. The lowest BCUT2D eigenvalue weighted by Crippen LogP contribution is -2.40. The van der Waals surface area contributed by atoms with Crippen molar-refractivity contribution in [3.8, 4) is 17.2 Å². The van der Waals surface area contributed by atoms with E-state index in [0.717, 1.165) is 36.4 Å². The second-order valence-electron chi connectivity index (χ2n) is 5.44. The zero-order valence-electron chi connectivity index (χ0n) is 13.0. The van der Waals surface area contributed by atoms with Crippen molar-refractivity contribution in [1.82, 2.24) is 0 Å². The maximum Gasteiger partial charge on any atom is 0.430 e. The van der Waals surface area contributed by atoms with Crippen molar-refractivity contribution in [2.45, 2.75) is 12.3 Å². The quantitative estimate of drug-likeness (QED) is 0.712. The normalized spacial score (nSPS) is 16.2. The number of fused-ring (bicyclic) bond motifs is 1. The van der Waals surface area contributed by atoms with Crippen LogP contribution in [0, 0.1) is 11.6 Å². The second kappa shape index (κ2) is 6.73. The molecule has 1 aliphatic rings. The molecule has 142 valence electrons. The fourth-order valence-corrected chi connectivity index (χ4v) is 2.58. The number of aliphatic carboxylic acids is 1. The van der Waals surface area contributed by atoms with Crippen LogP contribution in [0.5, 0.6) is 17.2 Å². The van der Waals surface area contributed by atoms with Gasteiger partial charge in [-0.05, 0) is 24.3 Å². The molecule has 10 heteroatoms. The van der Waals surface area contributed by atoms with Crippen LogP contribution >= 0.6 is 11.6 Å². The molecule has 0 saturated carbocycles. The molecule has 2 aromatic rings. The third-order valence-corrected chi connectivity index (χ3v) is 3.86. The fraction of sp³-hybridized carbons (Fsp3) is 0.118. The van der Waals surface area contributed by atoms with Crippen molar-refractivity contribution in [3.63, 3.8) is 0 Å². The van der Waals surface area contributed by atoms with Crippen LogP contribution in [0.4, 0.5) is 22.0 Å². The van der Waals surface area contributed by atoms with E-state index in [1.54, 1.807) is 0 Å². The van der Waals surface area contributed by atoms with Crippen LogP contribution in [0.3, 0.4) is 0 Å². The van der Waals surface area contributed by atoms with Crippen LogP contribution in [0.2, 0.25) is 5.02 Å². The Labute approximate surface area is 153 Å². The predicted octanol–water partition coefficient (Wildman–Crippen LogP) is 5.20. The molecule has 0 fully saturated rings. The van der Waals surface area contributed by atoms with Gasteiger partial charge < -0.3 is 14.6 Å². The first-order valence-corrected chi connectivity index (χ1v) is 7.59. The Morgan fingerprint density at radius 2 is 1.85 bits per heavy atom. The molecule has 0 aromatic heterocycles. The molecule has 4 nitrogen and oxygen atoms in total. The Morgan fingerprint density at radius 1 is 1.15 bits per heavy atom. The number of hydrogen-bond acceptors (Lipinski definition) is 3. The molecule has 0 bridgehead atoms. The zero-order valence-corrected chi connectivity index (χ0v) is 13.7. The minimum Gasteiger partial charge on any atom is -0.478 e. The number of carboxylic acid groups (broad SMARTS) is 1. The molecule has 27 heavy (non-hydrogen) atoms. The Balaban J connectivity index is 2.04. The maximum absolute atomic E-state index is 13.7. The summed E-state index contributed by atoms with van der Waals surface area (Å²) in [6, 6.07) is 4.42. The van der Waals surface area contributed by atoms with E-state index < -0.39 is 41.2 Å². The van der Waals surface area contributed by atoms with Crippen LogP contribution in [-0.4, -0.2) is 23.4 Å². The van der Waals surface area contributed by atoms with Gasteiger partial charge in [0.25, 0.3) is 0 Å². The Bertz CT molecular complexity index is 955. The SMILES string of the molecule is O=C(O)C1=Cc2cc(Cl)c(Oc3cc(F)ccc3F)cc2OC1C(F)(F)F. The number of benzene rings is 2. The summed E-state index contributed by atoms with van der Waals surface area (Å²) in [6.07, 6.45) is -6.92. The van der Waals surface area contributed by atoms with Crippen molar-refractivity contribution in [3.05, 3.63) is 58.1 Å². The van der Waals surface area contributed by atoms with Gasteiger partial charge in [-0.2, -0.15) is 13.2 Å². The lowest BCUT2D eigenvalue weighted by atomic mass is 10.0. The number of alkyl halides is 3. The van der Waals surface area contributed by atoms with Gasteiger partial charge in [-0.3, -0.25) is 0 Å². The minimum absolute atomic E-state index is 0.0371. The topological polar surface area (TPSA) is 55.8 Å². The molecule has 1 N–H and O–H groups in total. The van der Waals surface area contributed by atoms with Crippen LogP contribution in [0.15, 0.2) is 35.9 Å². The highest BCUT2D eigenvalue weighted by Gasteiger charge is 2.48. The van der Waals surface area contributed by atoms with E-state index in [1.807, 2.05) is 0 Å². The summed E-state index contributed by atoms with van der Waals surface area (Å²) in [5.74, 6) is -4.75. The third-order valence-electron chi connectivity index (χ3n) is 3.56. The largest absolute Gasteiger partial charge is 0.478 e. The standard InChI is InChI=1S/C17H8ClF5O4/c18-10-4-7-3-9(16(24)25)15(17(21,22)23)27-12(7)6-13(10)26-14-5-8(19)1-2-11(14)20/h1-6,15H,(H,24,25). The molecule has 2 aromatic carbocycles. The smallest absolute Gasteiger partial charge is 0.430 e. The van der Waals surface area contributed by atoms with E-state index in [1.165, 1.54) is 0 Å². The van der Waals surface area contributed by atoms with Gasteiger partial charge in [0, 0.05) is 17.7 Å². The molecule has 0 amide bonds. The van der Waals surface area contributed by atoms with E-state index in [9.17, 15) is 26.7 Å². The fourth-order valence-electron chi connectivity index (χ4n) is 2.37. The highest BCUT2D eigenvalue weighted by atomic mass is 35.5. The van der Waals surface area contributed by atoms with Crippen LogP contribution in [0.1, 0.15) is 5.56 Å². The number of ether oxygens (including phenoxy) is 2. The average molecular weight is 407 g/mol. The van der Waals surface area contributed by atoms with E-state index in [0.29, 0.717) is 0 Å². The van der Waals surface area contributed by atoms with Crippen LogP contribution in [0.25, 0.3) is 6.08 Å². The second-order valence-corrected chi connectivity index (χ2v) is 5.85. The van der Waals surface area contributed by atoms with Gasteiger partial charge in [-0.15, -0.1) is 0 Å². The zero-order chi connectivity index (χ0) is 19.9. The monoisotopic (exact) mass is 406 g/mol. The summed E-state index contributed by atoms with van der Waals surface area (Å²) < 4.78 is 76.1. The van der Waals surface area contributed by atoms with E-state index >= 15 is 0 Å². The molecule has 1 atom stereocenters. The summed E-state index contributed by atoms with van der Waals surface area (Å²) in [5.41, 5.74) is -1.05. The number of carbonyl (C=O) groups is 1. The summed E-state index contributed by atoms with van der Waals surface area (Å²) in [4.78, 5) is 11.1. The summed E-state index contributed by atoms with van der Waals surface area (Å²) >= 11 is 5.96. The number of halogens is 6. The van der Waals surface area contributed by atoms with Gasteiger partial charge in [0.2, 0.25) is 6.10 Å². The summed E-state index contributed by atoms with van der Waals surface area (Å²) in [5, 5.41) is 8.82. The summed E-state index contributed by atoms with van der Waals surface area (Å²) in [7, 11) is 0. The lowest BCUT2D eigenvalue weighted by Gasteiger charge is -2.27. The molecule has 0 radical (unpaired) electrons. The molecular weight excluding hydrogens is 399 g/mol. The van der Waals surface area contributed by atoms with Gasteiger partial charge in [0.15, 0.2) is 11.6 Å². The third kappa shape index (κ3) is 3.82. The molecule has 0 spiro atoms. The van der Waals surface area contributed by atoms with E-state index in [-0.39, 0.29) is 22.1 Å². The Kier molecular flexibility index (Phi) is 4.73. The van der Waals surface area contributed by atoms with Crippen molar-refractivity contribution in [1.29, 1.82) is 0 Å². The molecule has 3 rings (SSSR count). The summed E-state index contributed by atoms with van der Waals surface area (Å²) in [6.45, 7) is 0. The van der Waals surface area contributed by atoms with Crippen molar-refractivity contribution >= 4 is 23.6 Å². The van der Waals surface area contributed by atoms with Crippen molar-refractivity contribution in [2.75, 3.05) is 0 Å². The van der Waals surface area contributed by atoms with Gasteiger partial charge in [-0.1, -0.05) is 11.6 Å². The van der Waals surface area contributed by atoms with E-state index in [2.05, 4.69) is 0 Å². The Hall–Kier alpha value is -2.81. The average Bonchev–Trinajstić information content (AvgIpc) is 2.56. The van der Waals surface area contributed by atoms with Crippen molar-refractivity contribution < 1.29 is 41.3 Å². The van der Waals surface area contributed by atoms with Crippen LogP contribution < -0.4 is 9.47 Å². The van der Waals surface area contributed by atoms with Gasteiger partial charge in [0.1, 0.15) is 17.3 Å². The first-order valence-electron chi connectivity index (χ1n) is 7.21. The highest BCUT2D eigenvalue weighted by Crippen LogP contribution is 2.42. The predicted molar refractivity (Wildman–Crippen MR) is 84.0 cm³/mol. The van der Waals surface area contributed by atoms with Gasteiger partial charge in [-0.25, -0.2) is 13.6 Å². The molecular formula is C17H8ClF5O4. The molecule has 0 aliphatic carbocycles. The number of hydrogen-bond donors (Lipinski definition) is 1. The van der Waals surface area contributed by atoms with Crippen LogP contribution in [-0.2, 0) is 4.79 Å². The van der Waals surface area contributed by atoms with Gasteiger partial charge >= 0.3 is 12.1 Å². The molecule has 1 unspecified atom stereocenters. The highest BCUT2D eigenvalue weighted by molar-refractivity contribution is 6.32. The Morgan fingerprint density at radius 3 is 2.48 bits per heavy atom. The molecule has 1 heterocycles. The van der Waals surface area contributed by atoms with Gasteiger partial charge in [0.05, 0.1) is 10.6 Å². The van der Waals surface area contributed by atoms with E-state index in [4.69, 9.17) is 26.2 Å². The maximum atomic E-state index is 13.7. The molecule has 1 aliphatic heterocycles. The van der Waals surface area contributed by atoms with Crippen molar-refractivity contribution in [2.24, 2.45) is 0 Å². The number of carboxylic acids is 1. The minimum atomic E-state index is -4.99. The first kappa shape index (κ1) is 19.0.